The zero-order valence-corrected chi connectivity index (χ0v) is 17.4. The van der Waals surface area contributed by atoms with E-state index in [-0.39, 0.29) is 18.5 Å². The van der Waals surface area contributed by atoms with E-state index < -0.39 is 6.03 Å². The zero-order valence-electron chi connectivity index (χ0n) is 16.6. The number of likely N-dealkylation sites (tertiary alicyclic amines) is 1. The van der Waals surface area contributed by atoms with Gasteiger partial charge in [-0.1, -0.05) is 24.3 Å². The molecule has 4 rings (SSSR count). The van der Waals surface area contributed by atoms with Crippen LogP contribution in [-0.4, -0.2) is 34.9 Å². The first-order valence-electron chi connectivity index (χ1n) is 9.78. The van der Waals surface area contributed by atoms with E-state index in [2.05, 4.69) is 21.6 Å². The second-order valence-corrected chi connectivity index (χ2v) is 8.46. The highest BCUT2D eigenvalue weighted by molar-refractivity contribution is 7.18. The van der Waals surface area contributed by atoms with Gasteiger partial charge in [0.2, 0.25) is 5.91 Å². The summed E-state index contributed by atoms with van der Waals surface area (Å²) >= 11 is 1.68. The van der Waals surface area contributed by atoms with Gasteiger partial charge in [-0.3, -0.25) is 15.0 Å². The number of amides is 3. The first-order chi connectivity index (χ1) is 14.0. The molecule has 0 unspecified atom stereocenters. The molecule has 1 aliphatic heterocycles. The van der Waals surface area contributed by atoms with Crippen molar-refractivity contribution < 1.29 is 9.59 Å². The van der Waals surface area contributed by atoms with Crippen LogP contribution in [0.2, 0.25) is 0 Å². The number of carbonyl (C=O) groups excluding carboxylic acids is 2. The number of anilines is 1. The molecule has 150 valence electrons. The van der Waals surface area contributed by atoms with E-state index in [1.165, 1.54) is 0 Å². The summed E-state index contributed by atoms with van der Waals surface area (Å²) in [5, 5.41) is 6.26. The smallest absolute Gasteiger partial charge is 0.307 e. The molecule has 1 fully saturated rings. The summed E-state index contributed by atoms with van der Waals surface area (Å²) in [6.07, 6.45) is 1.99. The minimum Gasteiger partial charge on any atom is -0.307 e. The number of rotatable bonds is 4. The van der Waals surface area contributed by atoms with Gasteiger partial charge in [0.05, 0.1) is 22.8 Å². The molecular formula is C22H24N4O2S. The highest BCUT2D eigenvalue weighted by atomic mass is 32.1. The van der Waals surface area contributed by atoms with Crippen molar-refractivity contribution in [3.8, 4) is 0 Å². The highest BCUT2D eigenvalue weighted by Crippen LogP contribution is 2.36. The normalized spacial score (nSPS) is 16.8. The summed E-state index contributed by atoms with van der Waals surface area (Å²) in [7, 11) is 0. The lowest BCUT2D eigenvalue weighted by Crippen LogP contribution is -2.41. The molecule has 0 saturated carbocycles. The second-order valence-electron chi connectivity index (χ2n) is 7.40. The number of hydrogen-bond donors (Lipinski definition) is 2. The molecule has 0 spiro atoms. The summed E-state index contributed by atoms with van der Waals surface area (Å²) in [5.74, 6) is -0.305. The van der Waals surface area contributed by atoms with Gasteiger partial charge in [-0.15, -0.1) is 11.3 Å². The number of aryl methyl sites for hydroxylation is 1. The number of fused-ring (bicyclic) bond motifs is 1. The predicted octanol–water partition coefficient (Wildman–Crippen LogP) is 4.40. The monoisotopic (exact) mass is 408 g/mol. The molecule has 7 heteroatoms. The zero-order chi connectivity index (χ0) is 20.4. The standard InChI is InChI=1S/C22H24N4O2S/c1-14-7-5-9-16(15(14)2)24-22(28)25-20(27)13-26-12-6-10-18(26)21-23-17-8-3-4-11-19(17)29-21/h3-5,7-9,11,18H,6,10,12-13H2,1-2H3,(H2,24,25,27,28)/t18-/m0/s1. The van der Waals surface area contributed by atoms with Gasteiger partial charge in [0.15, 0.2) is 0 Å². The summed E-state index contributed by atoms with van der Waals surface area (Å²) in [6.45, 7) is 4.94. The molecule has 2 aromatic carbocycles. The van der Waals surface area contributed by atoms with E-state index in [1.54, 1.807) is 11.3 Å². The minimum absolute atomic E-state index is 0.125. The van der Waals surface area contributed by atoms with Gasteiger partial charge >= 0.3 is 6.03 Å². The van der Waals surface area contributed by atoms with Gasteiger partial charge in [-0.25, -0.2) is 9.78 Å². The Balaban J connectivity index is 1.38. The number of benzene rings is 2. The van der Waals surface area contributed by atoms with E-state index >= 15 is 0 Å². The van der Waals surface area contributed by atoms with E-state index in [0.29, 0.717) is 5.69 Å². The highest BCUT2D eigenvalue weighted by Gasteiger charge is 2.30. The Labute approximate surface area is 173 Å². The Hall–Kier alpha value is -2.77. The van der Waals surface area contributed by atoms with Crippen LogP contribution in [-0.2, 0) is 4.79 Å². The van der Waals surface area contributed by atoms with Crippen molar-refractivity contribution >= 4 is 39.2 Å². The molecule has 2 heterocycles. The van der Waals surface area contributed by atoms with Crippen molar-refractivity contribution in [2.75, 3.05) is 18.4 Å². The third kappa shape index (κ3) is 4.31. The number of para-hydroxylation sites is 1. The van der Waals surface area contributed by atoms with Gasteiger partial charge in [-0.05, 0) is 62.6 Å². The summed E-state index contributed by atoms with van der Waals surface area (Å²) in [6, 6.07) is 13.4. The first-order valence-corrected chi connectivity index (χ1v) is 10.6. The van der Waals surface area contributed by atoms with Crippen LogP contribution in [0, 0.1) is 13.8 Å². The van der Waals surface area contributed by atoms with Gasteiger partial charge in [-0.2, -0.15) is 0 Å². The van der Waals surface area contributed by atoms with Crippen LogP contribution in [0.4, 0.5) is 10.5 Å². The van der Waals surface area contributed by atoms with Crippen LogP contribution in [0.25, 0.3) is 10.2 Å². The van der Waals surface area contributed by atoms with Crippen LogP contribution in [0.3, 0.4) is 0 Å². The van der Waals surface area contributed by atoms with Crippen molar-refractivity contribution in [2.45, 2.75) is 32.7 Å². The largest absolute Gasteiger partial charge is 0.325 e. The molecule has 3 amide bonds. The van der Waals surface area contributed by atoms with Gasteiger partial charge in [0.25, 0.3) is 0 Å². The molecule has 0 bridgehead atoms. The molecule has 2 N–H and O–H groups in total. The Kier molecular flexibility index (Phi) is 5.60. The molecule has 3 aromatic rings. The second kappa shape index (κ2) is 8.31. The fraction of sp³-hybridized carbons (Fsp3) is 0.318. The van der Waals surface area contributed by atoms with Crippen molar-refractivity contribution in [3.63, 3.8) is 0 Å². The molecule has 0 aliphatic carbocycles. The SMILES string of the molecule is Cc1cccc(NC(=O)NC(=O)CN2CCC[C@H]2c2nc3ccccc3s2)c1C. The van der Waals surface area contributed by atoms with Gasteiger partial charge < -0.3 is 5.32 Å². The van der Waals surface area contributed by atoms with Crippen LogP contribution in [0.5, 0.6) is 0 Å². The number of hydrogen-bond acceptors (Lipinski definition) is 5. The average molecular weight is 409 g/mol. The maximum absolute atomic E-state index is 12.5. The first kappa shape index (κ1) is 19.5. The Morgan fingerprint density at radius 1 is 1.17 bits per heavy atom. The maximum Gasteiger partial charge on any atom is 0.325 e. The molecule has 29 heavy (non-hydrogen) atoms. The van der Waals surface area contributed by atoms with Gasteiger partial charge in [0, 0.05) is 5.69 Å². The number of imide groups is 1. The number of carbonyl (C=O) groups is 2. The lowest BCUT2D eigenvalue weighted by atomic mass is 10.1. The number of nitrogens with one attached hydrogen (secondary N) is 2. The third-order valence-electron chi connectivity index (χ3n) is 5.41. The Morgan fingerprint density at radius 3 is 2.83 bits per heavy atom. The summed E-state index contributed by atoms with van der Waals surface area (Å²) in [4.78, 5) is 31.6. The van der Waals surface area contributed by atoms with Gasteiger partial charge in [0.1, 0.15) is 5.01 Å². The molecule has 1 aromatic heterocycles. The Bertz CT molecular complexity index is 1030. The topological polar surface area (TPSA) is 74.3 Å². The fourth-order valence-electron chi connectivity index (χ4n) is 3.72. The van der Waals surface area contributed by atoms with Crippen molar-refractivity contribution in [1.82, 2.24) is 15.2 Å². The molecule has 1 aliphatic rings. The summed E-state index contributed by atoms with van der Waals surface area (Å²) in [5.41, 5.74) is 3.79. The quantitative estimate of drug-likeness (QED) is 0.671. The van der Waals surface area contributed by atoms with E-state index in [0.717, 1.165) is 45.7 Å². The van der Waals surface area contributed by atoms with Crippen LogP contribution in [0.15, 0.2) is 42.5 Å². The lowest BCUT2D eigenvalue weighted by Gasteiger charge is -2.21. The molecule has 1 atom stereocenters. The fourth-order valence-corrected chi connectivity index (χ4v) is 4.86. The number of nitrogens with zero attached hydrogens (tertiary/aromatic N) is 2. The van der Waals surface area contributed by atoms with E-state index in [4.69, 9.17) is 4.98 Å². The number of urea groups is 1. The van der Waals surface area contributed by atoms with Crippen molar-refractivity contribution in [2.24, 2.45) is 0 Å². The minimum atomic E-state index is -0.501. The van der Waals surface area contributed by atoms with Crippen LogP contribution >= 0.6 is 11.3 Å². The third-order valence-corrected chi connectivity index (χ3v) is 6.55. The molecule has 1 saturated heterocycles. The number of thiazole rings is 1. The predicted molar refractivity (Wildman–Crippen MR) is 116 cm³/mol. The van der Waals surface area contributed by atoms with E-state index in [9.17, 15) is 9.59 Å². The molecule has 0 radical (unpaired) electrons. The number of aromatic nitrogens is 1. The van der Waals surface area contributed by atoms with Crippen LogP contribution < -0.4 is 10.6 Å². The van der Waals surface area contributed by atoms with Crippen LogP contribution in [0.1, 0.15) is 35.0 Å². The van der Waals surface area contributed by atoms with Crippen molar-refractivity contribution in [3.05, 3.63) is 58.6 Å². The molecule has 6 nitrogen and oxygen atoms in total. The average Bonchev–Trinajstić information content (AvgIpc) is 3.31. The lowest BCUT2D eigenvalue weighted by molar-refractivity contribution is -0.121. The van der Waals surface area contributed by atoms with E-state index in [1.807, 2.05) is 50.2 Å². The summed E-state index contributed by atoms with van der Waals surface area (Å²) < 4.78 is 1.16. The maximum atomic E-state index is 12.5. The van der Waals surface area contributed by atoms with Crippen molar-refractivity contribution in [1.29, 1.82) is 0 Å². The Morgan fingerprint density at radius 2 is 2.00 bits per heavy atom. The molecular weight excluding hydrogens is 384 g/mol.